The first-order chi connectivity index (χ1) is 8.70. The Labute approximate surface area is 108 Å². The fourth-order valence-electron chi connectivity index (χ4n) is 2.28. The van der Waals surface area contributed by atoms with E-state index in [1.807, 2.05) is 13.8 Å². The van der Waals surface area contributed by atoms with Crippen molar-refractivity contribution in [2.45, 2.75) is 51.7 Å². The van der Waals surface area contributed by atoms with Crippen molar-refractivity contribution in [2.75, 3.05) is 11.9 Å². The second-order valence-corrected chi connectivity index (χ2v) is 4.74. The summed E-state index contributed by atoms with van der Waals surface area (Å²) < 4.78 is 5.45. The molecule has 5 nitrogen and oxygen atoms in total. The van der Waals surface area contributed by atoms with Gasteiger partial charge in [0.1, 0.15) is 12.1 Å². The molecule has 0 aliphatic heterocycles. The molecule has 1 aromatic heterocycles. The number of rotatable bonds is 4. The van der Waals surface area contributed by atoms with Gasteiger partial charge in [0.2, 0.25) is 5.88 Å². The molecular formula is C13H21N3O2. The molecule has 5 heteroatoms. The Morgan fingerprint density at radius 1 is 1.33 bits per heavy atom. The Morgan fingerprint density at radius 3 is 2.72 bits per heavy atom. The minimum absolute atomic E-state index is 0.131. The van der Waals surface area contributed by atoms with Gasteiger partial charge in [0, 0.05) is 6.04 Å². The lowest BCUT2D eigenvalue weighted by atomic mass is 9.93. The Balaban J connectivity index is 2.02. The lowest BCUT2D eigenvalue weighted by Gasteiger charge is -2.27. The topological polar surface area (TPSA) is 67.3 Å². The molecular weight excluding hydrogens is 230 g/mol. The third-order valence-corrected chi connectivity index (χ3v) is 3.36. The molecule has 2 N–H and O–H groups in total. The van der Waals surface area contributed by atoms with E-state index in [4.69, 9.17) is 4.74 Å². The summed E-state index contributed by atoms with van der Waals surface area (Å²) in [6, 6.07) is 0.386. The Hall–Kier alpha value is -1.36. The Morgan fingerprint density at radius 2 is 2.06 bits per heavy atom. The third kappa shape index (κ3) is 3.10. The number of hydrogen-bond acceptors (Lipinski definition) is 5. The lowest BCUT2D eigenvalue weighted by Crippen LogP contribution is -2.28. The summed E-state index contributed by atoms with van der Waals surface area (Å²) in [7, 11) is 0. The summed E-state index contributed by atoms with van der Waals surface area (Å²) in [5, 5.41) is 12.9. The van der Waals surface area contributed by atoms with Gasteiger partial charge in [-0.2, -0.15) is 0 Å². The van der Waals surface area contributed by atoms with Crippen LogP contribution < -0.4 is 10.1 Å². The van der Waals surface area contributed by atoms with Crippen LogP contribution in [-0.2, 0) is 0 Å². The van der Waals surface area contributed by atoms with Gasteiger partial charge in [0.25, 0.3) is 0 Å². The van der Waals surface area contributed by atoms with Crippen molar-refractivity contribution in [1.29, 1.82) is 0 Å². The van der Waals surface area contributed by atoms with Gasteiger partial charge in [-0.3, -0.25) is 0 Å². The SMILES string of the molecule is CCOc1ncnc(NC2CCC(O)CC2)c1C. The smallest absolute Gasteiger partial charge is 0.221 e. The Bertz CT molecular complexity index is 390. The van der Waals surface area contributed by atoms with Crippen LogP contribution in [0, 0.1) is 6.92 Å². The van der Waals surface area contributed by atoms with Gasteiger partial charge < -0.3 is 15.2 Å². The first-order valence-corrected chi connectivity index (χ1v) is 6.59. The number of aliphatic hydroxyl groups excluding tert-OH is 1. The zero-order valence-corrected chi connectivity index (χ0v) is 11.0. The molecule has 1 aromatic rings. The molecule has 0 bridgehead atoms. The zero-order valence-electron chi connectivity index (χ0n) is 11.0. The second kappa shape index (κ2) is 6.00. The molecule has 1 aliphatic rings. The number of aromatic nitrogens is 2. The molecule has 0 spiro atoms. The average Bonchev–Trinajstić information content (AvgIpc) is 2.37. The van der Waals surface area contributed by atoms with E-state index < -0.39 is 0 Å². The van der Waals surface area contributed by atoms with Gasteiger partial charge in [-0.15, -0.1) is 0 Å². The maximum Gasteiger partial charge on any atom is 0.221 e. The van der Waals surface area contributed by atoms with Crippen LogP contribution in [0.4, 0.5) is 5.82 Å². The van der Waals surface area contributed by atoms with Crippen LogP contribution in [-0.4, -0.2) is 33.8 Å². The van der Waals surface area contributed by atoms with Crippen LogP contribution in [0.15, 0.2) is 6.33 Å². The van der Waals surface area contributed by atoms with Gasteiger partial charge in [-0.05, 0) is 39.5 Å². The van der Waals surface area contributed by atoms with E-state index in [-0.39, 0.29) is 6.10 Å². The van der Waals surface area contributed by atoms with Gasteiger partial charge in [-0.1, -0.05) is 0 Å². The highest BCUT2D eigenvalue weighted by molar-refractivity contribution is 5.48. The number of nitrogens with one attached hydrogen (secondary N) is 1. The van der Waals surface area contributed by atoms with E-state index in [9.17, 15) is 5.11 Å². The molecule has 0 atom stereocenters. The van der Waals surface area contributed by atoms with Gasteiger partial charge in [0.15, 0.2) is 0 Å². The standard InChI is InChI=1S/C13H21N3O2/c1-3-18-13-9(2)12(14-8-15-13)16-10-4-6-11(17)7-5-10/h8,10-11,17H,3-7H2,1-2H3,(H,14,15,16). The van der Waals surface area contributed by atoms with E-state index in [1.54, 1.807) is 0 Å². The van der Waals surface area contributed by atoms with Crippen LogP contribution in [0.5, 0.6) is 5.88 Å². The fourth-order valence-corrected chi connectivity index (χ4v) is 2.28. The molecule has 1 fully saturated rings. The minimum Gasteiger partial charge on any atom is -0.478 e. The summed E-state index contributed by atoms with van der Waals surface area (Å²) in [5.41, 5.74) is 0.950. The predicted molar refractivity (Wildman–Crippen MR) is 69.8 cm³/mol. The van der Waals surface area contributed by atoms with Crippen LogP contribution in [0.1, 0.15) is 38.2 Å². The van der Waals surface area contributed by atoms with E-state index in [2.05, 4.69) is 15.3 Å². The summed E-state index contributed by atoms with van der Waals surface area (Å²) in [6.07, 6.45) is 5.08. The first-order valence-electron chi connectivity index (χ1n) is 6.59. The van der Waals surface area contributed by atoms with Crippen molar-refractivity contribution in [1.82, 2.24) is 9.97 Å². The highest BCUT2D eigenvalue weighted by atomic mass is 16.5. The molecule has 0 saturated heterocycles. The van der Waals surface area contributed by atoms with Gasteiger partial charge in [-0.25, -0.2) is 9.97 Å². The van der Waals surface area contributed by atoms with Crippen molar-refractivity contribution in [3.05, 3.63) is 11.9 Å². The van der Waals surface area contributed by atoms with Crippen LogP contribution in [0.2, 0.25) is 0 Å². The molecule has 0 unspecified atom stereocenters. The number of aliphatic hydroxyl groups is 1. The third-order valence-electron chi connectivity index (χ3n) is 3.36. The molecule has 0 radical (unpaired) electrons. The maximum atomic E-state index is 9.49. The van der Waals surface area contributed by atoms with Crippen molar-refractivity contribution in [2.24, 2.45) is 0 Å². The highest BCUT2D eigenvalue weighted by Crippen LogP contribution is 2.25. The first kappa shape index (κ1) is 13.1. The van der Waals surface area contributed by atoms with Crippen molar-refractivity contribution in [3.8, 4) is 5.88 Å². The molecule has 1 saturated carbocycles. The number of nitrogens with zero attached hydrogens (tertiary/aromatic N) is 2. The predicted octanol–water partition coefficient (Wildman–Crippen LogP) is 1.90. The molecule has 100 valence electrons. The molecule has 1 aliphatic carbocycles. The van der Waals surface area contributed by atoms with Crippen LogP contribution >= 0.6 is 0 Å². The zero-order chi connectivity index (χ0) is 13.0. The van der Waals surface area contributed by atoms with Gasteiger partial charge in [0.05, 0.1) is 18.3 Å². The summed E-state index contributed by atoms with van der Waals surface area (Å²) >= 11 is 0. The molecule has 1 heterocycles. The van der Waals surface area contributed by atoms with Crippen LogP contribution in [0.25, 0.3) is 0 Å². The average molecular weight is 251 g/mol. The minimum atomic E-state index is -0.131. The summed E-state index contributed by atoms with van der Waals surface area (Å²) in [6.45, 7) is 4.51. The van der Waals surface area contributed by atoms with Gasteiger partial charge >= 0.3 is 0 Å². The van der Waals surface area contributed by atoms with E-state index in [1.165, 1.54) is 6.33 Å². The normalized spacial score (nSPS) is 23.7. The second-order valence-electron chi connectivity index (χ2n) is 4.74. The van der Waals surface area contributed by atoms with Crippen molar-refractivity contribution < 1.29 is 9.84 Å². The van der Waals surface area contributed by atoms with Crippen molar-refractivity contribution in [3.63, 3.8) is 0 Å². The van der Waals surface area contributed by atoms with Crippen molar-refractivity contribution >= 4 is 5.82 Å². The highest BCUT2D eigenvalue weighted by Gasteiger charge is 2.20. The Kier molecular flexibility index (Phi) is 4.36. The molecule has 0 aromatic carbocycles. The maximum absolute atomic E-state index is 9.49. The van der Waals surface area contributed by atoms with E-state index in [0.717, 1.165) is 37.1 Å². The molecule has 0 amide bonds. The van der Waals surface area contributed by atoms with Crippen LogP contribution in [0.3, 0.4) is 0 Å². The molecule has 2 rings (SSSR count). The quantitative estimate of drug-likeness (QED) is 0.855. The lowest BCUT2D eigenvalue weighted by molar-refractivity contribution is 0.126. The monoisotopic (exact) mass is 251 g/mol. The largest absolute Gasteiger partial charge is 0.478 e. The summed E-state index contributed by atoms with van der Waals surface area (Å²) in [4.78, 5) is 8.39. The number of anilines is 1. The number of ether oxygens (including phenoxy) is 1. The summed E-state index contributed by atoms with van der Waals surface area (Å²) in [5.74, 6) is 1.49. The number of hydrogen-bond donors (Lipinski definition) is 2. The van der Waals surface area contributed by atoms with E-state index in [0.29, 0.717) is 18.5 Å². The molecule has 18 heavy (non-hydrogen) atoms. The van der Waals surface area contributed by atoms with E-state index >= 15 is 0 Å². The fraction of sp³-hybridized carbons (Fsp3) is 0.692.